The fourth-order valence-electron chi connectivity index (χ4n) is 4.13. The number of hydrogen-bond donors (Lipinski definition) is 1. The van der Waals surface area contributed by atoms with E-state index in [0.29, 0.717) is 22.0 Å². The van der Waals surface area contributed by atoms with E-state index in [4.69, 9.17) is 4.98 Å². The van der Waals surface area contributed by atoms with E-state index in [9.17, 15) is 9.59 Å². The van der Waals surface area contributed by atoms with Crippen LogP contribution in [0.4, 0.5) is 5.69 Å². The summed E-state index contributed by atoms with van der Waals surface area (Å²) in [5.74, 6) is 0.401. The number of anilines is 1. The van der Waals surface area contributed by atoms with Gasteiger partial charge in [0.1, 0.15) is 0 Å². The summed E-state index contributed by atoms with van der Waals surface area (Å²) in [6.45, 7) is 10.3. The van der Waals surface area contributed by atoms with E-state index >= 15 is 0 Å². The quantitative estimate of drug-likeness (QED) is 0.270. The Morgan fingerprint density at radius 2 is 1.65 bits per heavy atom. The van der Waals surface area contributed by atoms with Crippen molar-refractivity contribution < 1.29 is 4.79 Å². The third kappa shape index (κ3) is 4.92. The zero-order valence-electron chi connectivity index (χ0n) is 20.2. The van der Waals surface area contributed by atoms with Crippen molar-refractivity contribution in [3.05, 3.63) is 93.3 Å². The number of nitrogens with zero attached hydrogens (tertiary/aromatic N) is 2. The van der Waals surface area contributed by atoms with E-state index in [2.05, 4.69) is 31.3 Å². The summed E-state index contributed by atoms with van der Waals surface area (Å²) in [4.78, 5) is 31.0. The topological polar surface area (TPSA) is 64.0 Å². The monoisotopic (exact) mass is 471 g/mol. The van der Waals surface area contributed by atoms with Gasteiger partial charge in [0.05, 0.1) is 22.3 Å². The number of carbonyl (C=O) groups is 1. The number of aromatic nitrogens is 2. The van der Waals surface area contributed by atoms with Gasteiger partial charge in [-0.3, -0.25) is 14.2 Å². The summed E-state index contributed by atoms with van der Waals surface area (Å²) in [7, 11) is 0. The van der Waals surface area contributed by atoms with Crippen molar-refractivity contribution in [1.29, 1.82) is 0 Å². The van der Waals surface area contributed by atoms with Crippen LogP contribution in [-0.2, 0) is 4.79 Å². The second-order valence-electron chi connectivity index (χ2n) is 8.91. The van der Waals surface area contributed by atoms with Crippen LogP contribution >= 0.6 is 11.8 Å². The van der Waals surface area contributed by atoms with Crippen LogP contribution in [-0.4, -0.2) is 21.2 Å². The molecule has 0 spiro atoms. The maximum absolute atomic E-state index is 13.4. The van der Waals surface area contributed by atoms with Crippen molar-refractivity contribution in [1.82, 2.24) is 9.55 Å². The molecule has 1 aromatic heterocycles. The molecule has 5 nitrogen and oxygen atoms in total. The molecule has 0 aliphatic rings. The molecule has 34 heavy (non-hydrogen) atoms. The fraction of sp³-hybridized carbons (Fsp3) is 0.250. The molecular formula is C28H29N3O2S. The van der Waals surface area contributed by atoms with Gasteiger partial charge < -0.3 is 5.32 Å². The first-order chi connectivity index (χ1) is 16.2. The zero-order chi connectivity index (χ0) is 24.4. The van der Waals surface area contributed by atoms with Crippen LogP contribution < -0.4 is 10.9 Å². The molecule has 1 N–H and O–H groups in total. The molecule has 0 atom stereocenters. The number of fused-ring (bicyclic) bond motifs is 1. The molecule has 6 heteroatoms. The average molecular weight is 472 g/mol. The first-order valence-electron chi connectivity index (χ1n) is 11.4. The SMILES string of the molecule is Cc1cc(C)c(NC(=O)CSc2nc3ccccc3c(=O)n2-c2ccc(C(C)C)cc2)c(C)c1. The van der Waals surface area contributed by atoms with Gasteiger partial charge in [-0.1, -0.05) is 67.6 Å². The Labute approximate surface area is 204 Å². The average Bonchev–Trinajstić information content (AvgIpc) is 2.80. The lowest BCUT2D eigenvalue weighted by molar-refractivity contribution is -0.113. The van der Waals surface area contributed by atoms with Gasteiger partial charge in [-0.15, -0.1) is 0 Å². The number of carbonyl (C=O) groups excluding carboxylic acids is 1. The summed E-state index contributed by atoms with van der Waals surface area (Å²) in [5.41, 5.74) is 6.47. The van der Waals surface area contributed by atoms with Gasteiger partial charge in [-0.2, -0.15) is 0 Å². The minimum atomic E-state index is -0.143. The van der Waals surface area contributed by atoms with Crippen LogP contribution in [0.3, 0.4) is 0 Å². The van der Waals surface area contributed by atoms with E-state index in [1.165, 1.54) is 17.3 Å². The predicted molar refractivity (Wildman–Crippen MR) is 141 cm³/mol. The minimum Gasteiger partial charge on any atom is -0.325 e. The normalized spacial score (nSPS) is 11.2. The molecule has 0 bridgehead atoms. The van der Waals surface area contributed by atoms with Gasteiger partial charge in [0.15, 0.2) is 5.16 Å². The number of hydrogen-bond acceptors (Lipinski definition) is 4. The Hall–Kier alpha value is -3.38. The third-order valence-corrected chi connectivity index (χ3v) is 6.78. The molecule has 0 aliphatic heterocycles. The Kier molecular flexibility index (Phi) is 6.89. The molecule has 174 valence electrons. The van der Waals surface area contributed by atoms with Crippen LogP contribution in [0.15, 0.2) is 70.6 Å². The first-order valence-corrected chi connectivity index (χ1v) is 12.4. The maximum Gasteiger partial charge on any atom is 0.266 e. The highest BCUT2D eigenvalue weighted by atomic mass is 32.2. The summed E-state index contributed by atoms with van der Waals surface area (Å²) >= 11 is 1.26. The lowest BCUT2D eigenvalue weighted by atomic mass is 10.0. The second kappa shape index (κ2) is 9.85. The van der Waals surface area contributed by atoms with E-state index in [1.54, 1.807) is 10.6 Å². The van der Waals surface area contributed by atoms with E-state index < -0.39 is 0 Å². The molecular weight excluding hydrogens is 442 g/mol. The van der Waals surface area contributed by atoms with E-state index in [1.807, 2.05) is 63.2 Å². The van der Waals surface area contributed by atoms with Crippen LogP contribution in [0.1, 0.15) is 42.0 Å². The van der Waals surface area contributed by atoms with Crippen molar-refractivity contribution in [2.45, 2.75) is 45.7 Å². The van der Waals surface area contributed by atoms with Gasteiger partial charge in [0, 0.05) is 5.69 Å². The second-order valence-corrected chi connectivity index (χ2v) is 9.85. The highest BCUT2D eigenvalue weighted by molar-refractivity contribution is 7.99. The highest BCUT2D eigenvalue weighted by Gasteiger charge is 2.16. The Morgan fingerprint density at radius 1 is 1.00 bits per heavy atom. The Morgan fingerprint density at radius 3 is 2.29 bits per heavy atom. The number of nitrogens with one attached hydrogen (secondary N) is 1. The molecule has 4 aromatic rings. The summed E-state index contributed by atoms with van der Waals surface area (Å²) in [6, 6.07) is 19.4. The smallest absolute Gasteiger partial charge is 0.266 e. The Bertz CT molecular complexity index is 1400. The summed E-state index contributed by atoms with van der Waals surface area (Å²) in [6.07, 6.45) is 0. The van der Waals surface area contributed by atoms with Crippen molar-refractivity contribution in [2.75, 3.05) is 11.1 Å². The molecule has 0 saturated heterocycles. The van der Waals surface area contributed by atoms with Crippen molar-refractivity contribution >= 4 is 34.3 Å². The number of para-hydroxylation sites is 1. The molecule has 1 heterocycles. The van der Waals surface area contributed by atoms with Gasteiger partial charge >= 0.3 is 0 Å². The standard InChI is InChI=1S/C28H29N3O2S/c1-17(2)21-10-12-22(13-11-21)31-27(33)23-8-6-7-9-24(23)29-28(31)34-16-25(32)30-26-19(4)14-18(3)15-20(26)5/h6-15,17H,16H2,1-5H3,(H,30,32). The highest BCUT2D eigenvalue weighted by Crippen LogP contribution is 2.25. The van der Waals surface area contributed by atoms with Gasteiger partial charge in [0.2, 0.25) is 5.91 Å². The van der Waals surface area contributed by atoms with Gasteiger partial charge in [-0.25, -0.2) is 4.98 Å². The predicted octanol–water partition coefficient (Wildman–Crippen LogP) is 6.17. The number of amides is 1. The maximum atomic E-state index is 13.4. The zero-order valence-corrected chi connectivity index (χ0v) is 21.0. The lowest BCUT2D eigenvalue weighted by Crippen LogP contribution is -2.23. The summed E-state index contributed by atoms with van der Waals surface area (Å²) in [5, 5.41) is 4.08. The van der Waals surface area contributed by atoms with Gasteiger partial charge in [-0.05, 0) is 67.6 Å². The van der Waals surface area contributed by atoms with E-state index in [-0.39, 0.29) is 17.2 Å². The lowest BCUT2D eigenvalue weighted by Gasteiger charge is -2.15. The molecule has 3 aromatic carbocycles. The number of benzene rings is 3. The fourth-order valence-corrected chi connectivity index (χ4v) is 4.94. The van der Waals surface area contributed by atoms with Gasteiger partial charge in [0.25, 0.3) is 5.56 Å². The van der Waals surface area contributed by atoms with Crippen LogP contribution in [0, 0.1) is 20.8 Å². The molecule has 1 amide bonds. The van der Waals surface area contributed by atoms with Crippen molar-refractivity contribution in [3.8, 4) is 5.69 Å². The van der Waals surface area contributed by atoms with Crippen LogP contribution in [0.25, 0.3) is 16.6 Å². The number of rotatable bonds is 6. The number of aryl methyl sites for hydroxylation is 3. The first kappa shape index (κ1) is 23.8. The summed E-state index contributed by atoms with van der Waals surface area (Å²) < 4.78 is 1.60. The largest absolute Gasteiger partial charge is 0.325 e. The number of thioether (sulfide) groups is 1. The molecule has 0 saturated carbocycles. The molecule has 0 radical (unpaired) electrons. The van der Waals surface area contributed by atoms with E-state index in [0.717, 1.165) is 28.1 Å². The van der Waals surface area contributed by atoms with Crippen molar-refractivity contribution in [3.63, 3.8) is 0 Å². The molecule has 0 unspecified atom stereocenters. The molecule has 0 fully saturated rings. The minimum absolute atomic E-state index is 0.135. The Balaban J connectivity index is 1.67. The van der Waals surface area contributed by atoms with Crippen LogP contribution in [0.2, 0.25) is 0 Å². The third-order valence-electron chi connectivity index (χ3n) is 5.84. The molecule has 0 aliphatic carbocycles. The molecule has 4 rings (SSSR count). The van der Waals surface area contributed by atoms with Crippen molar-refractivity contribution in [2.24, 2.45) is 0 Å². The van der Waals surface area contributed by atoms with Crippen LogP contribution in [0.5, 0.6) is 0 Å².